The van der Waals surface area contributed by atoms with Crippen LogP contribution in [0.15, 0.2) is 28.7 Å². The van der Waals surface area contributed by atoms with Crippen LogP contribution in [0.5, 0.6) is 5.75 Å². The SMILES string of the molecule is COc1ccc(-c2nc(C(=O)N3CCC[C@@H]3C(=O)O)c(C)o2)cc1. The number of ether oxygens (including phenoxy) is 1. The van der Waals surface area contributed by atoms with Gasteiger partial charge in [-0.3, -0.25) is 4.79 Å². The van der Waals surface area contributed by atoms with Crippen LogP contribution in [0.4, 0.5) is 0 Å². The van der Waals surface area contributed by atoms with E-state index in [1.165, 1.54) is 4.90 Å². The summed E-state index contributed by atoms with van der Waals surface area (Å²) in [6.45, 7) is 2.07. The van der Waals surface area contributed by atoms with E-state index in [0.717, 1.165) is 0 Å². The van der Waals surface area contributed by atoms with Crippen molar-refractivity contribution in [1.82, 2.24) is 9.88 Å². The molecule has 2 heterocycles. The second-order valence-electron chi connectivity index (χ2n) is 5.65. The first-order valence-corrected chi connectivity index (χ1v) is 7.67. The normalized spacial score (nSPS) is 17.1. The minimum absolute atomic E-state index is 0.161. The first-order valence-electron chi connectivity index (χ1n) is 7.67. The Hall–Kier alpha value is -2.83. The van der Waals surface area contributed by atoms with Gasteiger partial charge in [0.2, 0.25) is 5.89 Å². The molecular formula is C17H18N2O5. The number of benzene rings is 1. The van der Waals surface area contributed by atoms with E-state index in [9.17, 15) is 14.7 Å². The lowest BCUT2D eigenvalue weighted by Gasteiger charge is -2.20. The number of nitrogens with zero attached hydrogens (tertiary/aromatic N) is 2. The Balaban J connectivity index is 1.88. The number of rotatable bonds is 4. The van der Waals surface area contributed by atoms with Crippen molar-refractivity contribution in [3.8, 4) is 17.2 Å². The van der Waals surface area contributed by atoms with Crippen LogP contribution in [-0.4, -0.2) is 46.6 Å². The van der Waals surface area contributed by atoms with Crippen LogP contribution in [0, 0.1) is 6.92 Å². The number of oxazole rings is 1. The van der Waals surface area contributed by atoms with Gasteiger partial charge in [0, 0.05) is 12.1 Å². The van der Waals surface area contributed by atoms with Crippen molar-refractivity contribution in [2.75, 3.05) is 13.7 Å². The molecule has 1 aromatic heterocycles. The minimum Gasteiger partial charge on any atom is -0.497 e. The van der Waals surface area contributed by atoms with Gasteiger partial charge in [-0.1, -0.05) is 0 Å². The predicted octanol–water partition coefficient (Wildman–Crippen LogP) is 2.35. The van der Waals surface area contributed by atoms with E-state index in [1.54, 1.807) is 38.3 Å². The fraction of sp³-hybridized carbons (Fsp3) is 0.353. The fourth-order valence-electron chi connectivity index (χ4n) is 2.85. The number of carboxylic acids is 1. The molecule has 3 rings (SSSR count). The highest BCUT2D eigenvalue weighted by atomic mass is 16.5. The summed E-state index contributed by atoms with van der Waals surface area (Å²) in [7, 11) is 1.58. The van der Waals surface area contributed by atoms with Gasteiger partial charge in [-0.05, 0) is 44.0 Å². The molecule has 1 atom stereocenters. The lowest BCUT2D eigenvalue weighted by atomic mass is 10.2. The standard InChI is InChI=1S/C17H18N2O5/c1-10-14(16(20)19-9-3-4-13(19)17(21)22)18-15(24-10)11-5-7-12(23-2)8-6-11/h5-8,13H,3-4,9H2,1-2H3,(H,21,22)/t13-/m1/s1. The molecule has 1 aliphatic heterocycles. The molecule has 0 spiro atoms. The van der Waals surface area contributed by atoms with E-state index in [0.29, 0.717) is 42.4 Å². The topological polar surface area (TPSA) is 92.9 Å². The van der Waals surface area contributed by atoms with E-state index >= 15 is 0 Å². The van der Waals surface area contributed by atoms with Crippen molar-refractivity contribution in [3.63, 3.8) is 0 Å². The maximum atomic E-state index is 12.6. The highest BCUT2D eigenvalue weighted by Gasteiger charge is 2.36. The molecule has 0 aliphatic carbocycles. The number of aromatic nitrogens is 1. The van der Waals surface area contributed by atoms with Crippen molar-refractivity contribution in [3.05, 3.63) is 35.7 Å². The number of amides is 1. The van der Waals surface area contributed by atoms with E-state index in [4.69, 9.17) is 9.15 Å². The Morgan fingerprint density at radius 3 is 2.67 bits per heavy atom. The van der Waals surface area contributed by atoms with Gasteiger partial charge >= 0.3 is 5.97 Å². The molecule has 0 bridgehead atoms. The quantitative estimate of drug-likeness (QED) is 0.925. The molecule has 2 aromatic rings. The molecule has 0 saturated carbocycles. The summed E-state index contributed by atoms with van der Waals surface area (Å²) in [5, 5.41) is 9.23. The number of aryl methyl sites for hydroxylation is 1. The third-order valence-corrected chi connectivity index (χ3v) is 4.13. The van der Waals surface area contributed by atoms with E-state index in [-0.39, 0.29) is 5.69 Å². The van der Waals surface area contributed by atoms with Gasteiger partial charge in [0.25, 0.3) is 5.91 Å². The minimum atomic E-state index is -0.989. The molecule has 0 radical (unpaired) electrons. The first-order chi connectivity index (χ1) is 11.5. The summed E-state index contributed by atoms with van der Waals surface area (Å²) in [6.07, 6.45) is 1.13. The number of carbonyl (C=O) groups is 2. The third kappa shape index (κ3) is 2.84. The van der Waals surface area contributed by atoms with E-state index < -0.39 is 17.9 Å². The molecule has 24 heavy (non-hydrogen) atoms. The molecule has 7 nitrogen and oxygen atoms in total. The highest BCUT2D eigenvalue weighted by molar-refractivity contribution is 5.96. The average Bonchev–Trinajstić information content (AvgIpc) is 3.21. The van der Waals surface area contributed by atoms with Gasteiger partial charge in [0.05, 0.1) is 7.11 Å². The van der Waals surface area contributed by atoms with Gasteiger partial charge < -0.3 is 19.2 Å². The molecule has 1 N–H and O–H groups in total. The number of likely N-dealkylation sites (tertiary alicyclic amines) is 1. The Morgan fingerprint density at radius 2 is 2.04 bits per heavy atom. The molecular weight excluding hydrogens is 312 g/mol. The molecule has 1 saturated heterocycles. The Bertz CT molecular complexity index is 766. The monoisotopic (exact) mass is 330 g/mol. The van der Waals surface area contributed by atoms with Crippen molar-refractivity contribution in [1.29, 1.82) is 0 Å². The van der Waals surface area contributed by atoms with Gasteiger partial charge in [0.1, 0.15) is 17.6 Å². The number of methoxy groups -OCH3 is 1. The number of aliphatic carboxylic acids is 1. The summed E-state index contributed by atoms with van der Waals surface area (Å²) in [4.78, 5) is 29.6. The molecule has 1 aromatic carbocycles. The van der Waals surface area contributed by atoms with Crippen LogP contribution in [0.25, 0.3) is 11.5 Å². The maximum Gasteiger partial charge on any atom is 0.326 e. The summed E-state index contributed by atoms with van der Waals surface area (Å²) in [6, 6.07) is 6.33. The van der Waals surface area contributed by atoms with Crippen molar-refractivity contribution >= 4 is 11.9 Å². The zero-order chi connectivity index (χ0) is 17.3. The van der Waals surface area contributed by atoms with Crippen molar-refractivity contribution < 1.29 is 23.8 Å². The smallest absolute Gasteiger partial charge is 0.326 e. The summed E-state index contributed by atoms with van der Waals surface area (Å²) in [5.74, 6) is 0.0180. The molecule has 0 unspecified atom stereocenters. The number of hydrogen-bond acceptors (Lipinski definition) is 5. The largest absolute Gasteiger partial charge is 0.497 e. The van der Waals surface area contributed by atoms with Gasteiger partial charge in [0.15, 0.2) is 5.69 Å². The Labute approximate surface area is 138 Å². The summed E-state index contributed by atoms with van der Waals surface area (Å²) < 4.78 is 10.7. The molecule has 1 fully saturated rings. The zero-order valence-electron chi connectivity index (χ0n) is 13.5. The lowest BCUT2D eigenvalue weighted by Crippen LogP contribution is -2.40. The summed E-state index contributed by atoms with van der Waals surface area (Å²) in [5.41, 5.74) is 0.878. The van der Waals surface area contributed by atoms with E-state index in [1.807, 2.05) is 0 Å². The third-order valence-electron chi connectivity index (χ3n) is 4.13. The van der Waals surface area contributed by atoms with Crippen LogP contribution in [-0.2, 0) is 4.79 Å². The molecule has 1 amide bonds. The lowest BCUT2D eigenvalue weighted by molar-refractivity contribution is -0.141. The Kier molecular flexibility index (Phi) is 4.24. The maximum absolute atomic E-state index is 12.6. The second kappa shape index (κ2) is 6.35. The predicted molar refractivity (Wildman–Crippen MR) is 84.9 cm³/mol. The highest BCUT2D eigenvalue weighted by Crippen LogP contribution is 2.26. The molecule has 7 heteroatoms. The van der Waals surface area contributed by atoms with Crippen molar-refractivity contribution in [2.24, 2.45) is 0 Å². The van der Waals surface area contributed by atoms with Crippen molar-refractivity contribution in [2.45, 2.75) is 25.8 Å². The van der Waals surface area contributed by atoms with Crippen LogP contribution < -0.4 is 4.74 Å². The number of carbonyl (C=O) groups excluding carboxylic acids is 1. The average molecular weight is 330 g/mol. The molecule has 126 valence electrons. The van der Waals surface area contributed by atoms with Gasteiger partial charge in [-0.2, -0.15) is 0 Å². The number of hydrogen-bond donors (Lipinski definition) is 1. The Morgan fingerprint density at radius 1 is 1.33 bits per heavy atom. The van der Waals surface area contributed by atoms with Crippen LogP contribution in [0.1, 0.15) is 29.1 Å². The van der Waals surface area contributed by atoms with E-state index in [2.05, 4.69) is 4.98 Å². The zero-order valence-corrected chi connectivity index (χ0v) is 13.5. The molecule has 1 aliphatic rings. The van der Waals surface area contributed by atoms with Crippen LogP contribution >= 0.6 is 0 Å². The fourth-order valence-corrected chi connectivity index (χ4v) is 2.85. The summed E-state index contributed by atoms with van der Waals surface area (Å²) >= 11 is 0. The van der Waals surface area contributed by atoms with Crippen LogP contribution in [0.3, 0.4) is 0 Å². The first kappa shape index (κ1) is 16.0. The number of carboxylic acid groups (broad SMARTS) is 1. The van der Waals surface area contributed by atoms with Gasteiger partial charge in [-0.25, -0.2) is 9.78 Å². The van der Waals surface area contributed by atoms with Gasteiger partial charge in [-0.15, -0.1) is 0 Å². The second-order valence-corrected chi connectivity index (χ2v) is 5.65. The van der Waals surface area contributed by atoms with Crippen LogP contribution in [0.2, 0.25) is 0 Å².